The number of aryl methyl sites for hydroxylation is 1. The predicted molar refractivity (Wildman–Crippen MR) is 94.3 cm³/mol. The maximum Gasteiger partial charge on any atom is 0.248 e. The summed E-state index contributed by atoms with van der Waals surface area (Å²) in [6, 6.07) is 15.1. The summed E-state index contributed by atoms with van der Waals surface area (Å²) in [6.07, 6.45) is 0.978. The van der Waals surface area contributed by atoms with E-state index in [1.165, 1.54) is 10.4 Å². The van der Waals surface area contributed by atoms with Crippen LogP contribution in [0.5, 0.6) is 5.75 Å². The molecule has 0 aliphatic rings. The number of benzene rings is 2. The van der Waals surface area contributed by atoms with Crippen LogP contribution in [0.4, 0.5) is 5.69 Å². The smallest absolute Gasteiger partial charge is 0.248 e. The average molecular weight is 337 g/mol. The Morgan fingerprint density at radius 2 is 1.84 bits per heavy atom. The highest BCUT2D eigenvalue weighted by Crippen LogP contribution is 2.16. The van der Waals surface area contributed by atoms with E-state index in [1.807, 2.05) is 24.3 Å². The maximum absolute atomic E-state index is 12.1. The summed E-state index contributed by atoms with van der Waals surface area (Å²) in [7, 11) is 1.59. The van der Waals surface area contributed by atoms with E-state index in [0.29, 0.717) is 11.5 Å². The van der Waals surface area contributed by atoms with Crippen molar-refractivity contribution in [3.05, 3.63) is 54.1 Å². The lowest BCUT2D eigenvalue weighted by Gasteiger charge is -2.05. The standard InChI is InChI=1S/C18H19N5O2/c1-3-13-4-6-14(7-5-13)18-20-22-23(21-18)12-17(24)19-15-8-10-16(25-2)11-9-15/h4-11H,3,12H2,1-2H3,(H,19,24). The Kier molecular flexibility index (Phi) is 5.03. The number of ether oxygens (including phenoxy) is 1. The molecule has 1 aromatic heterocycles. The van der Waals surface area contributed by atoms with Gasteiger partial charge in [0, 0.05) is 11.3 Å². The number of carbonyl (C=O) groups is 1. The SMILES string of the molecule is CCc1ccc(-c2nnn(CC(=O)Nc3ccc(OC)cc3)n2)cc1. The third-order valence-corrected chi connectivity index (χ3v) is 3.73. The van der Waals surface area contributed by atoms with Crippen LogP contribution in [0.25, 0.3) is 11.4 Å². The molecule has 0 bridgehead atoms. The number of anilines is 1. The van der Waals surface area contributed by atoms with Crippen molar-refractivity contribution in [3.63, 3.8) is 0 Å². The topological polar surface area (TPSA) is 81.9 Å². The normalized spacial score (nSPS) is 10.5. The highest BCUT2D eigenvalue weighted by atomic mass is 16.5. The fraction of sp³-hybridized carbons (Fsp3) is 0.222. The molecule has 25 heavy (non-hydrogen) atoms. The minimum Gasteiger partial charge on any atom is -0.497 e. The summed E-state index contributed by atoms with van der Waals surface area (Å²) in [4.78, 5) is 13.4. The molecule has 7 nitrogen and oxygen atoms in total. The molecule has 0 radical (unpaired) electrons. The second-order valence-corrected chi connectivity index (χ2v) is 5.47. The van der Waals surface area contributed by atoms with Gasteiger partial charge in [-0.05, 0) is 41.5 Å². The van der Waals surface area contributed by atoms with E-state index in [1.54, 1.807) is 31.4 Å². The highest BCUT2D eigenvalue weighted by molar-refractivity contribution is 5.90. The molecule has 0 aliphatic heterocycles. The van der Waals surface area contributed by atoms with E-state index in [9.17, 15) is 4.79 Å². The van der Waals surface area contributed by atoms with Gasteiger partial charge < -0.3 is 10.1 Å². The Labute approximate surface area is 145 Å². The molecular formula is C18H19N5O2. The number of rotatable bonds is 6. The molecule has 0 spiro atoms. The number of carbonyl (C=O) groups excluding carboxylic acids is 1. The summed E-state index contributed by atoms with van der Waals surface area (Å²) >= 11 is 0. The molecule has 0 atom stereocenters. The lowest BCUT2D eigenvalue weighted by atomic mass is 10.1. The summed E-state index contributed by atoms with van der Waals surface area (Å²) < 4.78 is 5.08. The number of hydrogen-bond donors (Lipinski definition) is 1. The molecule has 7 heteroatoms. The van der Waals surface area contributed by atoms with Crippen molar-refractivity contribution in [1.29, 1.82) is 0 Å². The van der Waals surface area contributed by atoms with Crippen LogP contribution in [0.1, 0.15) is 12.5 Å². The van der Waals surface area contributed by atoms with Crippen LogP contribution in [0.3, 0.4) is 0 Å². The fourth-order valence-electron chi connectivity index (χ4n) is 2.32. The summed E-state index contributed by atoms with van der Waals surface area (Å²) in [5.74, 6) is 1.00. The van der Waals surface area contributed by atoms with Gasteiger partial charge >= 0.3 is 0 Å². The third kappa shape index (κ3) is 4.20. The van der Waals surface area contributed by atoms with Gasteiger partial charge in [-0.1, -0.05) is 31.2 Å². The Morgan fingerprint density at radius 3 is 2.48 bits per heavy atom. The summed E-state index contributed by atoms with van der Waals surface area (Å²) in [5, 5.41) is 15.0. The number of tetrazole rings is 1. The van der Waals surface area contributed by atoms with E-state index >= 15 is 0 Å². The van der Waals surface area contributed by atoms with E-state index in [0.717, 1.165) is 17.7 Å². The van der Waals surface area contributed by atoms with Crippen molar-refractivity contribution in [1.82, 2.24) is 20.2 Å². The Hall–Kier alpha value is -3.22. The van der Waals surface area contributed by atoms with Crippen molar-refractivity contribution in [2.45, 2.75) is 19.9 Å². The summed E-state index contributed by atoms with van der Waals surface area (Å²) in [5.41, 5.74) is 2.80. The van der Waals surface area contributed by atoms with Crippen LogP contribution in [-0.2, 0) is 17.8 Å². The molecule has 128 valence electrons. The van der Waals surface area contributed by atoms with Gasteiger partial charge in [-0.2, -0.15) is 4.80 Å². The first-order valence-electron chi connectivity index (χ1n) is 7.99. The zero-order chi connectivity index (χ0) is 17.6. The lowest BCUT2D eigenvalue weighted by molar-refractivity contribution is -0.117. The van der Waals surface area contributed by atoms with Crippen molar-refractivity contribution in [3.8, 4) is 17.1 Å². The summed E-state index contributed by atoms with van der Waals surface area (Å²) in [6.45, 7) is 2.09. The monoisotopic (exact) mass is 337 g/mol. The molecule has 0 saturated heterocycles. The molecular weight excluding hydrogens is 318 g/mol. The number of methoxy groups -OCH3 is 1. The third-order valence-electron chi connectivity index (χ3n) is 3.73. The predicted octanol–water partition coefficient (Wildman–Crippen LogP) is 2.55. The van der Waals surface area contributed by atoms with Crippen molar-refractivity contribution in [2.75, 3.05) is 12.4 Å². The van der Waals surface area contributed by atoms with Crippen LogP contribution >= 0.6 is 0 Å². The number of amides is 1. The second kappa shape index (κ2) is 7.57. The van der Waals surface area contributed by atoms with Gasteiger partial charge in [0.25, 0.3) is 0 Å². The maximum atomic E-state index is 12.1. The highest BCUT2D eigenvalue weighted by Gasteiger charge is 2.09. The van der Waals surface area contributed by atoms with Crippen molar-refractivity contribution in [2.24, 2.45) is 0 Å². The zero-order valence-corrected chi connectivity index (χ0v) is 14.1. The quantitative estimate of drug-likeness (QED) is 0.747. The molecule has 3 aromatic rings. The molecule has 0 aliphatic carbocycles. The van der Waals surface area contributed by atoms with E-state index in [2.05, 4.69) is 27.7 Å². The van der Waals surface area contributed by atoms with Gasteiger partial charge in [-0.15, -0.1) is 10.2 Å². The first kappa shape index (κ1) is 16.6. The molecule has 0 unspecified atom stereocenters. The van der Waals surface area contributed by atoms with Gasteiger partial charge in [0.15, 0.2) is 0 Å². The minimum atomic E-state index is -0.226. The first-order valence-corrected chi connectivity index (χ1v) is 7.99. The average Bonchev–Trinajstić information content (AvgIpc) is 3.10. The zero-order valence-electron chi connectivity index (χ0n) is 14.1. The molecule has 1 amide bonds. The number of nitrogens with one attached hydrogen (secondary N) is 1. The second-order valence-electron chi connectivity index (χ2n) is 5.47. The van der Waals surface area contributed by atoms with Crippen LogP contribution < -0.4 is 10.1 Å². The molecule has 3 rings (SSSR count). The molecule has 0 saturated carbocycles. The molecule has 1 N–H and O–H groups in total. The van der Waals surface area contributed by atoms with Gasteiger partial charge in [0.1, 0.15) is 12.3 Å². The van der Waals surface area contributed by atoms with E-state index < -0.39 is 0 Å². The van der Waals surface area contributed by atoms with E-state index in [4.69, 9.17) is 4.74 Å². The molecule has 1 heterocycles. The Bertz CT molecular complexity index is 841. The van der Waals surface area contributed by atoms with Crippen LogP contribution in [0, 0.1) is 0 Å². The number of nitrogens with zero attached hydrogens (tertiary/aromatic N) is 4. The first-order chi connectivity index (χ1) is 12.2. The molecule has 2 aromatic carbocycles. The largest absolute Gasteiger partial charge is 0.497 e. The Morgan fingerprint density at radius 1 is 1.12 bits per heavy atom. The van der Waals surface area contributed by atoms with Crippen molar-refractivity contribution >= 4 is 11.6 Å². The van der Waals surface area contributed by atoms with Gasteiger partial charge in [0.2, 0.25) is 11.7 Å². The van der Waals surface area contributed by atoms with Gasteiger partial charge in [0.05, 0.1) is 7.11 Å². The Balaban J connectivity index is 1.62. The van der Waals surface area contributed by atoms with Gasteiger partial charge in [-0.3, -0.25) is 4.79 Å². The number of aromatic nitrogens is 4. The van der Waals surface area contributed by atoms with Crippen LogP contribution in [0.2, 0.25) is 0 Å². The van der Waals surface area contributed by atoms with E-state index in [-0.39, 0.29) is 12.5 Å². The van der Waals surface area contributed by atoms with Crippen molar-refractivity contribution < 1.29 is 9.53 Å². The fourth-order valence-corrected chi connectivity index (χ4v) is 2.32. The van der Waals surface area contributed by atoms with Gasteiger partial charge in [-0.25, -0.2) is 0 Å². The lowest BCUT2D eigenvalue weighted by Crippen LogP contribution is -2.20. The van der Waals surface area contributed by atoms with Crippen LogP contribution in [-0.4, -0.2) is 33.2 Å². The number of hydrogen-bond acceptors (Lipinski definition) is 5. The molecule has 0 fully saturated rings. The van der Waals surface area contributed by atoms with Crippen LogP contribution in [0.15, 0.2) is 48.5 Å². The minimum absolute atomic E-state index is 0.00786.